The lowest BCUT2D eigenvalue weighted by molar-refractivity contribution is -0.905. The van der Waals surface area contributed by atoms with E-state index in [-0.39, 0.29) is 4.90 Å². The number of aromatic nitrogens is 1. The van der Waals surface area contributed by atoms with E-state index < -0.39 is 21.4 Å². The average Bonchev–Trinajstić information content (AvgIpc) is 2.88. The quantitative estimate of drug-likeness (QED) is 0.518. The zero-order valence-electron chi connectivity index (χ0n) is 11.7. The van der Waals surface area contributed by atoms with Crippen molar-refractivity contribution in [3.8, 4) is 0 Å². The number of pyridine rings is 1. The predicted molar refractivity (Wildman–Crippen MR) is 78.6 cm³/mol. The zero-order valence-corrected chi connectivity index (χ0v) is 13.3. The number of hydrogen-bond acceptors (Lipinski definition) is 5. The van der Waals surface area contributed by atoms with Crippen molar-refractivity contribution in [3.63, 3.8) is 0 Å². The molecule has 0 bridgehead atoms. The topological polar surface area (TPSA) is 75.3 Å². The van der Waals surface area contributed by atoms with Crippen LogP contribution in [0.15, 0.2) is 41.6 Å². The van der Waals surface area contributed by atoms with Gasteiger partial charge in [0, 0.05) is 21.7 Å². The average molecular weight is 326 g/mol. The molecule has 0 fully saturated rings. The van der Waals surface area contributed by atoms with Crippen LogP contribution >= 0.6 is 11.3 Å². The van der Waals surface area contributed by atoms with E-state index in [9.17, 15) is 13.2 Å². The van der Waals surface area contributed by atoms with Crippen LogP contribution in [0.25, 0.3) is 0 Å². The number of rotatable bonds is 5. The summed E-state index contributed by atoms with van der Waals surface area (Å²) in [4.78, 5) is 13.6. The lowest BCUT2D eigenvalue weighted by atomic mass is 10.2. The summed E-state index contributed by atoms with van der Waals surface area (Å²) in [6.07, 6.45) is 2.42. The van der Waals surface area contributed by atoms with Gasteiger partial charge in [0.2, 0.25) is 12.4 Å². The lowest BCUT2D eigenvalue weighted by Crippen LogP contribution is -2.28. The van der Waals surface area contributed by atoms with Crippen LogP contribution in [0, 0.1) is 0 Å². The molecule has 2 heterocycles. The van der Waals surface area contributed by atoms with E-state index in [1.807, 2.05) is 19.9 Å². The molecule has 0 radical (unpaired) electrons. The minimum Gasteiger partial charge on any atom is -0.292 e. The molecule has 0 atom stereocenters. The summed E-state index contributed by atoms with van der Waals surface area (Å²) in [7, 11) is -3.70. The molecule has 2 aromatic heterocycles. The number of nitrogens with zero attached hydrogens (tertiary/aromatic N) is 1. The van der Waals surface area contributed by atoms with Gasteiger partial charge in [-0.1, -0.05) is 13.8 Å². The summed E-state index contributed by atoms with van der Waals surface area (Å²) in [6.45, 7) is 4.04. The van der Waals surface area contributed by atoms with Crippen LogP contribution in [0.3, 0.4) is 0 Å². The highest BCUT2D eigenvalue weighted by Gasteiger charge is 2.22. The van der Waals surface area contributed by atoms with Crippen LogP contribution in [0.2, 0.25) is 0 Å². The Morgan fingerprint density at radius 3 is 2.38 bits per heavy atom. The van der Waals surface area contributed by atoms with Crippen LogP contribution in [-0.2, 0) is 9.84 Å². The fraction of sp³-hybridized carbons (Fsp3) is 0.286. The second-order valence-electron chi connectivity index (χ2n) is 4.95. The lowest BCUT2D eigenvalue weighted by Gasteiger charge is -2.02. The third-order valence-electron chi connectivity index (χ3n) is 2.93. The van der Waals surface area contributed by atoms with Gasteiger partial charge in [0.05, 0.1) is 9.77 Å². The number of hydrogen-bond donors (Lipinski definition) is 1. The molecule has 0 spiro atoms. The van der Waals surface area contributed by atoms with Crippen molar-refractivity contribution in [3.05, 3.63) is 46.4 Å². The molecule has 0 amide bonds. The maximum Gasteiger partial charge on any atom is 0.223 e. The fourth-order valence-electron chi connectivity index (χ4n) is 1.75. The van der Waals surface area contributed by atoms with E-state index in [0.717, 1.165) is 9.61 Å². The van der Waals surface area contributed by atoms with Crippen LogP contribution in [0.1, 0.15) is 34.3 Å². The first-order chi connectivity index (χ1) is 9.79. The highest BCUT2D eigenvalue weighted by Crippen LogP contribution is 2.25. The van der Waals surface area contributed by atoms with E-state index in [4.69, 9.17) is 5.21 Å². The van der Waals surface area contributed by atoms with E-state index in [0.29, 0.717) is 10.8 Å². The third-order valence-corrected chi connectivity index (χ3v) is 5.99. The van der Waals surface area contributed by atoms with Crippen LogP contribution in [0.5, 0.6) is 0 Å². The van der Waals surface area contributed by atoms with E-state index in [2.05, 4.69) is 0 Å². The molecule has 0 saturated heterocycles. The predicted octanol–water partition coefficient (Wildman–Crippen LogP) is 2.05. The molecule has 112 valence electrons. The second kappa shape index (κ2) is 5.95. The van der Waals surface area contributed by atoms with Crippen molar-refractivity contribution in [2.45, 2.75) is 24.7 Å². The molecule has 2 rings (SSSR count). The Bertz CT molecular complexity index is 746. The highest BCUT2D eigenvalue weighted by atomic mass is 32.2. The Labute approximate surface area is 127 Å². The summed E-state index contributed by atoms with van der Waals surface area (Å²) in [6, 6.07) is 6.05. The first kappa shape index (κ1) is 15.7. The molecule has 5 nitrogen and oxygen atoms in total. The van der Waals surface area contributed by atoms with Gasteiger partial charge in [-0.05, 0) is 18.1 Å². The molecular weight excluding hydrogens is 310 g/mol. The van der Waals surface area contributed by atoms with Crippen molar-refractivity contribution in [2.24, 2.45) is 0 Å². The van der Waals surface area contributed by atoms with Gasteiger partial charge in [-0.25, -0.2) is 8.42 Å². The van der Waals surface area contributed by atoms with Crippen molar-refractivity contribution in [1.29, 1.82) is 0 Å². The largest absolute Gasteiger partial charge is 0.292 e. The fourth-order valence-corrected chi connectivity index (χ4v) is 4.00. The molecule has 0 aliphatic rings. The van der Waals surface area contributed by atoms with E-state index in [1.54, 1.807) is 6.07 Å². The molecule has 0 unspecified atom stereocenters. The summed E-state index contributed by atoms with van der Waals surface area (Å²) in [5.74, 6) is -0.671. The minimum absolute atomic E-state index is 0.0155. The molecule has 0 aliphatic carbocycles. The van der Waals surface area contributed by atoms with Gasteiger partial charge in [0.25, 0.3) is 0 Å². The number of carbonyl (C=O) groups excluding carboxylic acids is 1. The summed E-state index contributed by atoms with van der Waals surface area (Å²) in [5.41, 5.74) is 0. The van der Waals surface area contributed by atoms with Gasteiger partial charge in [-0.15, -0.1) is 11.3 Å². The summed E-state index contributed by atoms with van der Waals surface area (Å²) < 4.78 is 25.1. The summed E-state index contributed by atoms with van der Waals surface area (Å²) in [5, 5.41) is 9.09. The SMILES string of the molecule is CC(C)c1ccc(C(=O)CS(=O)(=O)c2cc[n+](O)cc2)s1. The Balaban J connectivity index is 2.19. The van der Waals surface area contributed by atoms with Crippen molar-refractivity contribution in [1.82, 2.24) is 0 Å². The maximum atomic E-state index is 12.2. The second-order valence-corrected chi connectivity index (χ2v) is 8.06. The van der Waals surface area contributed by atoms with Crippen LogP contribution in [-0.4, -0.2) is 25.2 Å². The van der Waals surface area contributed by atoms with E-state index >= 15 is 0 Å². The number of sulfone groups is 1. The minimum atomic E-state index is -3.70. The van der Waals surface area contributed by atoms with Crippen molar-refractivity contribution < 1.29 is 23.1 Å². The first-order valence-corrected chi connectivity index (χ1v) is 8.83. The van der Waals surface area contributed by atoms with Gasteiger partial charge >= 0.3 is 0 Å². The number of Topliss-reactive ketones (excluding diaryl/α,β-unsaturated/α-hetero) is 1. The van der Waals surface area contributed by atoms with Crippen LogP contribution < -0.4 is 4.73 Å². The third kappa shape index (κ3) is 3.68. The number of ketones is 1. The zero-order chi connectivity index (χ0) is 15.6. The van der Waals surface area contributed by atoms with Gasteiger partial charge in [0.1, 0.15) is 5.75 Å². The standard InChI is InChI=1S/C14H16NO4S2/c1-10(2)13-3-4-14(20-13)12(16)9-21(18,19)11-5-7-15(17)8-6-11/h3-8,10,17H,9H2,1-2H3/q+1. The smallest absolute Gasteiger partial charge is 0.223 e. The molecule has 0 aromatic carbocycles. The molecule has 0 saturated carbocycles. The van der Waals surface area contributed by atoms with Gasteiger partial charge in [-0.3, -0.25) is 10.0 Å². The molecule has 21 heavy (non-hydrogen) atoms. The number of carbonyl (C=O) groups is 1. The van der Waals surface area contributed by atoms with Gasteiger partial charge < -0.3 is 0 Å². The van der Waals surface area contributed by atoms with Gasteiger partial charge in [-0.2, -0.15) is 0 Å². The molecule has 1 N–H and O–H groups in total. The first-order valence-electron chi connectivity index (χ1n) is 6.36. The Kier molecular flexibility index (Phi) is 4.43. The van der Waals surface area contributed by atoms with Gasteiger partial charge in [0.15, 0.2) is 15.6 Å². The maximum absolute atomic E-state index is 12.2. The molecule has 7 heteroatoms. The Morgan fingerprint density at radius 2 is 1.86 bits per heavy atom. The Hall–Kier alpha value is -1.73. The van der Waals surface area contributed by atoms with Crippen LogP contribution in [0.4, 0.5) is 0 Å². The summed E-state index contributed by atoms with van der Waals surface area (Å²) >= 11 is 1.33. The van der Waals surface area contributed by atoms with E-state index in [1.165, 1.54) is 35.9 Å². The number of thiophene rings is 1. The van der Waals surface area contributed by atoms with Crippen molar-refractivity contribution >= 4 is 27.0 Å². The molecule has 2 aromatic rings. The van der Waals surface area contributed by atoms with Crippen molar-refractivity contribution in [2.75, 3.05) is 5.75 Å². The highest BCUT2D eigenvalue weighted by molar-refractivity contribution is 7.92. The Morgan fingerprint density at radius 1 is 1.24 bits per heavy atom. The monoisotopic (exact) mass is 326 g/mol. The molecule has 0 aliphatic heterocycles. The molecular formula is C14H16NO4S2+. The normalized spacial score (nSPS) is 11.8.